The summed E-state index contributed by atoms with van der Waals surface area (Å²) in [4.78, 5) is 24.8. The van der Waals surface area contributed by atoms with E-state index < -0.39 is 4.92 Å². The quantitative estimate of drug-likeness (QED) is 0.398. The third-order valence-electron chi connectivity index (χ3n) is 4.19. The van der Waals surface area contributed by atoms with Crippen LogP contribution in [0.5, 0.6) is 0 Å². The summed E-state index contributed by atoms with van der Waals surface area (Å²) in [6, 6.07) is 15.9. The number of nitro benzene ring substituents is 1. The summed E-state index contributed by atoms with van der Waals surface area (Å²) in [5.74, 6) is 0.0417. The number of carbonyl (C=O) groups excluding carboxylic acids is 1. The highest BCUT2D eigenvalue weighted by atomic mass is 32.2. The van der Waals surface area contributed by atoms with Gasteiger partial charge in [-0.3, -0.25) is 19.8 Å². The Bertz CT molecular complexity index is 915. The van der Waals surface area contributed by atoms with E-state index in [0.29, 0.717) is 17.3 Å². The lowest BCUT2D eigenvalue weighted by atomic mass is 10.2. The van der Waals surface area contributed by atoms with Crippen molar-refractivity contribution in [2.24, 2.45) is 10.2 Å². The number of nitro groups is 1. The van der Waals surface area contributed by atoms with Crippen LogP contribution in [0.4, 0.5) is 5.69 Å². The number of nitrogens with zero attached hydrogens (tertiary/aromatic N) is 4. The van der Waals surface area contributed by atoms with Gasteiger partial charge in [0.05, 0.1) is 22.9 Å². The second-order valence-electron chi connectivity index (χ2n) is 6.28. The van der Waals surface area contributed by atoms with Crippen LogP contribution in [0.1, 0.15) is 30.9 Å². The molecule has 0 N–H and O–H groups in total. The van der Waals surface area contributed by atoms with E-state index in [2.05, 4.69) is 10.2 Å². The van der Waals surface area contributed by atoms with Crippen LogP contribution in [-0.4, -0.2) is 32.4 Å². The molecule has 0 radical (unpaired) electrons. The standard InChI is InChI=1S/C20H20N4O3S/c1-2-7-18-19(25)23(14-15-8-4-3-5-9-15)20(28-18)22-21-13-16-10-6-11-17(12-16)24(26)27/h3-6,8-13,18H,2,7,14H2,1H3/b21-13-,22-20-/t18-/m1/s1. The zero-order valence-corrected chi connectivity index (χ0v) is 16.2. The smallest absolute Gasteiger partial charge is 0.270 e. The molecule has 2 aromatic rings. The van der Waals surface area contributed by atoms with Crippen molar-refractivity contribution in [3.05, 3.63) is 75.8 Å². The Morgan fingerprint density at radius 1 is 1.21 bits per heavy atom. The fourth-order valence-corrected chi connectivity index (χ4v) is 4.02. The number of hydrogen-bond donors (Lipinski definition) is 0. The molecule has 1 aliphatic heterocycles. The van der Waals surface area contributed by atoms with Crippen LogP contribution in [0.25, 0.3) is 0 Å². The first kappa shape index (κ1) is 19.8. The van der Waals surface area contributed by atoms with Crippen LogP contribution in [-0.2, 0) is 11.3 Å². The number of benzene rings is 2. The zero-order chi connectivity index (χ0) is 19.9. The molecule has 0 spiro atoms. The van der Waals surface area contributed by atoms with Crippen molar-refractivity contribution in [3.63, 3.8) is 0 Å². The summed E-state index contributed by atoms with van der Waals surface area (Å²) >= 11 is 1.42. The topological polar surface area (TPSA) is 88.2 Å². The van der Waals surface area contributed by atoms with Crippen molar-refractivity contribution in [1.29, 1.82) is 0 Å². The van der Waals surface area contributed by atoms with E-state index in [4.69, 9.17) is 0 Å². The van der Waals surface area contributed by atoms with Crippen LogP contribution in [0, 0.1) is 10.1 Å². The van der Waals surface area contributed by atoms with E-state index >= 15 is 0 Å². The van der Waals surface area contributed by atoms with E-state index in [-0.39, 0.29) is 16.8 Å². The van der Waals surface area contributed by atoms with Gasteiger partial charge in [0.1, 0.15) is 0 Å². The van der Waals surface area contributed by atoms with Crippen molar-refractivity contribution in [2.45, 2.75) is 31.6 Å². The Hall–Kier alpha value is -3.00. The first-order valence-corrected chi connectivity index (χ1v) is 9.84. The van der Waals surface area contributed by atoms with Gasteiger partial charge in [0.2, 0.25) is 5.91 Å². The van der Waals surface area contributed by atoms with Gasteiger partial charge in [0, 0.05) is 17.7 Å². The number of carbonyl (C=O) groups is 1. The molecule has 1 aliphatic rings. The molecular weight excluding hydrogens is 376 g/mol. The minimum atomic E-state index is -0.453. The van der Waals surface area contributed by atoms with Gasteiger partial charge in [0.15, 0.2) is 5.17 Å². The highest BCUT2D eigenvalue weighted by Gasteiger charge is 2.37. The number of amides is 1. The van der Waals surface area contributed by atoms with Gasteiger partial charge in [-0.2, -0.15) is 5.10 Å². The molecule has 1 fully saturated rings. The van der Waals surface area contributed by atoms with Gasteiger partial charge >= 0.3 is 0 Å². The van der Waals surface area contributed by atoms with Crippen LogP contribution in [0.3, 0.4) is 0 Å². The fourth-order valence-electron chi connectivity index (χ4n) is 2.81. The maximum absolute atomic E-state index is 12.8. The average molecular weight is 396 g/mol. The Labute approximate surface area is 167 Å². The molecule has 0 bridgehead atoms. The average Bonchev–Trinajstić information content (AvgIpc) is 2.98. The molecule has 3 rings (SSSR count). The van der Waals surface area contributed by atoms with Gasteiger partial charge < -0.3 is 0 Å². The number of amidine groups is 1. The fraction of sp³-hybridized carbons (Fsp3) is 0.250. The Morgan fingerprint density at radius 2 is 2.00 bits per heavy atom. The van der Waals surface area contributed by atoms with Crippen molar-refractivity contribution < 1.29 is 9.72 Å². The molecule has 28 heavy (non-hydrogen) atoms. The van der Waals surface area contributed by atoms with E-state index in [0.717, 1.165) is 18.4 Å². The van der Waals surface area contributed by atoms with E-state index in [1.165, 1.54) is 30.1 Å². The summed E-state index contributed by atoms with van der Waals surface area (Å²) in [6.07, 6.45) is 3.15. The minimum Gasteiger partial charge on any atom is -0.284 e. The highest BCUT2D eigenvalue weighted by Crippen LogP contribution is 2.31. The SMILES string of the molecule is CCC[C@H]1S/C(=N\N=C/c2cccc([N+](=O)[O-])c2)N(Cc2ccccc2)C1=O. The van der Waals surface area contributed by atoms with Crippen LogP contribution < -0.4 is 0 Å². The Kier molecular flexibility index (Phi) is 6.54. The molecule has 1 atom stereocenters. The first-order valence-electron chi connectivity index (χ1n) is 8.96. The number of non-ortho nitro benzene ring substituents is 1. The third kappa shape index (κ3) is 4.83. The number of thioether (sulfide) groups is 1. The van der Waals surface area contributed by atoms with Gasteiger partial charge in [-0.1, -0.05) is 67.6 Å². The van der Waals surface area contributed by atoms with Gasteiger partial charge in [-0.05, 0) is 12.0 Å². The summed E-state index contributed by atoms with van der Waals surface area (Å²) < 4.78 is 0. The summed E-state index contributed by atoms with van der Waals surface area (Å²) in [6.45, 7) is 2.49. The van der Waals surface area contributed by atoms with Crippen molar-refractivity contribution >= 4 is 34.7 Å². The lowest BCUT2D eigenvalue weighted by Gasteiger charge is -2.15. The Morgan fingerprint density at radius 3 is 2.71 bits per heavy atom. The molecule has 1 saturated heterocycles. The second kappa shape index (κ2) is 9.27. The van der Waals surface area contributed by atoms with Crippen LogP contribution in [0.2, 0.25) is 0 Å². The van der Waals surface area contributed by atoms with Crippen molar-refractivity contribution in [3.8, 4) is 0 Å². The van der Waals surface area contributed by atoms with Gasteiger partial charge in [-0.15, -0.1) is 5.10 Å². The molecule has 0 aromatic heterocycles. The van der Waals surface area contributed by atoms with Gasteiger partial charge in [-0.25, -0.2) is 0 Å². The minimum absolute atomic E-state index is 0.00395. The molecule has 1 amide bonds. The van der Waals surface area contributed by atoms with Crippen molar-refractivity contribution in [2.75, 3.05) is 0 Å². The molecule has 2 aromatic carbocycles. The monoisotopic (exact) mass is 396 g/mol. The first-order chi connectivity index (χ1) is 13.6. The van der Waals surface area contributed by atoms with Crippen LogP contribution in [0.15, 0.2) is 64.8 Å². The highest BCUT2D eigenvalue weighted by molar-refractivity contribution is 8.15. The largest absolute Gasteiger partial charge is 0.284 e. The molecule has 8 heteroatoms. The summed E-state index contributed by atoms with van der Waals surface area (Å²) in [7, 11) is 0. The Balaban J connectivity index is 1.81. The zero-order valence-electron chi connectivity index (χ0n) is 15.4. The second-order valence-corrected chi connectivity index (χ2v) is 7.45. The van der Waals surface area contributed by atoms with Crippen molar-refractivity contribution in [1.82, 2.24) is 4.90 Å². The van der Waals surface area contributed by atoms with E-state index in [1.54, 1.807) is 17.0 Å². The molecule has 1 heterocycles. The number of hydrogen-bond acceptors (Lipinski definition) is 6. The molecule has 7 nitrogen and oxygen atoms in total. The lowest BCUT2D eigenvalue weighted by Crippen LogP contribution is -2.31. The van der Waals surface area contributed by atoms with Gasteiger partial charge in [0.25, 0.3) is 5.69 Å². The lowest BCUT2D eigenvalue weighted by molar-refractivity contribution is -0.384. The van der Waals surface area contributed by atoms with E-state index in [9.17, 15) is 14.9 Å². The van der Waals surface area contributed by atoms with E-state index in [1.807, 2.05) is 37.3 Å². The predicted molar refractivity (Wildman–Crippen MR) is 111 cm³/mol. The normalized spacial score (nSPS) is 18.3. The third-order valence-corrected chi connectivity index (χ3v) is 5.42. The van der Waals surface area contributed by atoms with Crippen LogP contribution >= 0.6 is 11.8 Å². The maximum atomic E-state index is 12.8. The predicted octanol–water partition coefficient (Wildman–Crippen LogP) is 4.23. The molecule has 0 unspecified atom stereocenters. The number of rotatable bonds is 7. The molecule has 0 aliphatic carbocycles. The summed E-state index contributed by atoms with van der Waals surface area (Å²) in [5, 5.41) is 19.6. The summed E-state index contributed by atoms with van der Waals surface area (Å²) in [5.41, 5.74) is 1.59. The molecule has 0 saturated carbocycles. The maximum Gasteiger partial charge on any atom is 0.270 e. The molecule has 144 valence electrons. The molecular formula is C20H20N4O3S.